The first-order valence-electron chi connectivity index (χ1n) is 8.23. The fourth-order valence-corrected chi connectivity index (χ4v) is 3.31. The van der Waals surface area contributed by atoms with E-state index in [0.29, 0.717) is 0 Å². The van der Waals surface area contributed by atoms with Crippen LogP contribution >= 0.6 is 0 Å². The van der Waals surface area contributed by atoms with Gasteiger partial charge in [0.05, 0.1) is 5.60 Å². The molecule has 0 spiro atoms. The fourth-order valence-electron chi connectivity index (χ4n) is 3.31. The second kappa shape index (κ2) is 5.14. The molecule has 1 fully saturated rings. The second-order valence-corrected chi connectivity index (χ2v) is 6.75. The van der Waals surface area contributed by atoms with E-state index < -0.39 is 5.60 Å². The van der Waals surface area contributed by atoms with E-state index >= 15 is 0 Å². The van der Waals surface area contributed by atoms with Crippen molar-refractivity contribution in [2.45, 2.75) is 38.3 Å². The van der Waals surface area contributed by atoms with E-state index in [9.17, 15) is 5.11 Å². The third-order valence-corrected chi connectivity index (χ3v) is 5.10. The number of anilines is 1. The van der Waals surface area contributed by atoms with Crippen molar-refractivity contribution in [2.24, 2.45) is 0 Å². The Labute approximate surface area is 136 Å². The number of aromatic nitrogens is 1. The Morgan fingerprint density at radius 1 is 1.09 bits per heavy atom. The molecule has 0 atom stereocenters. The van der Waals surface area contributed by atoms with Gasteiger partial charge in [-0.15, -0.1) is 0 Å². The van der Waals surface area contributed by atoms with E-state index in [1.807, 2.05) is 12.1 Å². The highest BCUT2D eigenvalue weighted by Gasteiger charge is 2.39. The third kappa shape index (κ3) is 2.51. The Morgan fingerprint density at radius 3 is 2.65 bits per heavy atom. The number of hydrogen-bond acceptors (Lipinski definition) is 2. The highest BCUT2D eigenvalue weighted by molar-refractivity contribution is 5.97. The molecule has 1 aromatic heterocycles. The average molecular weight is 306 g/mol. The highest BCUT2D eigenvalue weighted by Crippen LogP contribution is 2.40. The van der Waals surface area contributed by atoms with Crippen molar-refractivity contribution in [3.05, 3.63) is 54.2 Å². The molecule has 1 aliphatic rings. The molecule has 3 nitrogen and oxygen atoms in total. The molecule has 2 aromatic carbocycles. The number of nitrogens with two attached hydrogens (primary N) is 1. The predicted molar refractivity (Wildman–Crippen MR) is 95.3 cm³/mol. The van der Waals surface area contributed by atoms with Crippen LogP contribution in [0.1, 0.15) is 24.8 Å². The molecular formula is C20H22N2O. The minimum Gasteiger partial charge on any atom is -0.398 e. The Balaban J connectivity index is 1.82. The normalized spacial score (nSPS) is 15.9. The zero-order valence-corrected chi connectivity index (χ0v) is 13.4. The molecule has 0 saturated heterocycles. The summed E-state index contributed by atoms with van der Waals surface area (Å²) in [5, 5.41) is 11.4. The number of aryl methyl sites for hydroxylation is 1. The van der Waals surface area contributed by atoms with Crippen molar-refractivity contribution in [3.8, 4) is 11.1 Å². The van der Waals surface area contributed by atoms with Crippen LogP contribution in [0.5, 0.6) is 0 Å². The standard InChI is InChI=1S/C20H22N2O/c1-14-15(6-4-7-18(14)21)17-13-22(12-11-20(23)9-10-20)19-8-3-2-5-16(17)19/h2-8,13,23H,9-12,21H2,1H3. The van der Waals surface area contributed by atoms with E-state index in [-0.39, 0.29) is 0 Å². The van der Waals surface area contributed by atoms with Gasteiger partial charge in [-0.3, -0.25) is 0 Å². The Bertz CT molecular complexity index is 874. The van der Waals surface area contributed by atoms with E-state index in [1.54, 1.807) is 0 Å². The molecule has 0 amide bonds. The van der Waals surface area contributed by atoms with Crippen LogP contribution in [0, 0.1) is 6.92 Å². The van der Waals surface area contributed by atoms with Gasteiger partial charge in [-0.2, -0.15) is 0 Å². The third-order valence-electron chi connectivity index (χ3n) is 5.10. The first kappa shape index (κ1) is 14.3. The van der Waals surface area contributed by atoms with Crippen molar-refractivity contribution in [3.63, 3.8) is 0 Å². The number of hydrogen-bond donors (Lipinski definition) is 2. The van der Waals surface area contributed by atoms with E-state index in [1.165, 1.54) is 22.0 Å². The average Bonchev–Trinajstić information content (AvgIpc) is 3.18. The topological polar surface area (TPSA) is 51.2 Å². The summed E-state index contributed by atoms with van der Waals surface area (Å²) in [5.74, 6) is 0. The zero-order chi connectivity index (χ0) is 16.0. The maximum absolute atomic E-state index is 10.1. The van der Waals surface area contributed by atoms with Gasteiger partial charge in [-0.05, 0) is 49.4 Å². The van der Waals surface area contributed by atoms with E-state index in [4.69, 9.17) is 5.73 Å². The van der Waals surface area contributed by atoms with Gasteiger partial charge in [0.15, 0.2) is 0 Å². The molecule has 4 rings (SSSR count). The summed E-state index contributed by atoms with van der Waals surface area (Å²) < 4.78 is 2.27. The van der Waals surface area contributed by atoms with Crippen LogP contribution in [0.15, 0.2) is 48.7 Å². The minimum absolute atomic E-state index is 0.418. The molecule has 3 heteroatoms. The maximum Gasteiger partial charge on any atom is 0.0667 e. The van der Waals surface area contributed by atoms with Gasteiger partial charge in [0.2, 0.25) is 0 Å². The van der Waals surface area contributed by atoms with Crippen LogP contribution in [-0.2, 0) is 6.54 Å². The molecule has 0 aliphatic heterocycles. The molecule has 0 unspecified atom stereocenters. The molecule has 3 N–H and O–H groups in total. The number of fused-ring (bicyclic) bond motifs is 1. The lowest BCUT2D eigenvalue weighted by atomic mass is 9.99. The number of nitrogens with zero attached hydrogens (tertiary/aromatic N) is 1. The predicted octanol–water partition coefficient (Wildman–Crippen LogP) is 4.11. The van der Waals surface area contributed by atoms with E-state index in [2.05, 4.69) is 48.0 Å². The number of para-hydroxylation sites is 1. The first-order valence-corrected chi connectivity index (χ1v) is 8.23. The second-order valence-electron chi connectivity index (χ2n) is 6.75. The quantitative estimate of drug-likeness (QED) is 0.713. The zero-order valence-electron chi connectivity index (χ0n) is 13.4. The SMILES string of the molecule is Cc1c(N)cccc1-c1cn(CCC2(O)CC2)c2ccccc12. The molecule has 1 heterocycles. The smallest absolute Gasteiger partial charge is 0.0667 e. The number of nitrogen functional groups attached to an aromatic ring is 1. The molecule has 3 aromatic rings. The van der Waals surface area contributed by atoms with Crippen LogP contribution in [-0.4, -0.2) is 15.3 Å². The number of rotatable bonds is 4. The summed E-state index contributed by atoms with van der Waals surface area (Å²) in [7, 11) is 0. The van der Waals surface area contributed by atoms with Crippen molar-refractivity contribution >= 4 is 16.6 Å². The minimum atomic E-state index is -0.418. The van der Waals surface area contributed by atoms with Crippen LogP contribution < -0.4 is 5.73 Å². The summed E-state index contributed by atoms with van der Waals surface area (Å²) >= 11 is 0. The molecule has 1 saturated carbocycles. The lowest BCUT2D eigenvalue weighted by Gasteiger charge is -2.09. The molecule has 118 valence electrons. The van der Waals surface area contributed by atoms with Crippen molar-refractivity contribution in [1.82, 2.24) is 4.57 Å². The van der Waals surface area contributed by atoms with Crippen LogP contribution in [0.3, 0.4) is 0 Å². The first-order chi connectivity index (χ1) is 11.1. The van der Waals surface area contributed by atoms with Gasteiger partial charge in [0, 0.05) is 34.9 Å². The summed E-state index contributed by atoms with van der Waals surface area (Å²) in [6, 6.07) is 14.5. The van der Waals surface area contributed by atoms with Crippen LogP contribution in [0.2, 0.25) is 0 Å². The van der Waals surface area contributed by atoms with Crippen LogP contribution in [0.25, 0.3) is 22.0 Å². The van der Waals surface area contributed by atoms with Gasteiger partial charge < -0.3 is 15.4 Å². The Kier molecular flexibility index (Phi) is 3.20. The summed E-state index contributed by atoms with van der Waals surface area (Å²) in [4.78, 5) is 0. The van der Waals surface area contributed by atoms with Crippen molar-refractivity contribution < 1.29 is 5.11 Å². The van der Waals surface area contributed by atoms with E-state index in [0.717, 1.165) is 37.1 Å². The highest BCUT2D eigenvalue weighted by atomic mass is 16.3. The maximum atomic E-state index is 10.1. The summed E-state index contributed by atoms with van der Waals surface area (Å²) in [5.41, 5.74) is 11.2. The summed E-state index contributed by atoms with van der Waals surface area (Å²) in [6.45, 7) is 2.92. The molecule has 0 bridgehead atoms. The van der Waals surface area contributed by atoms with Gasteiger partial charge >= 0.3 is 0 Å². The number of aliphatic hydroxyl groups is 1. The summed E-state index contributed by atoms with van der Waals surface area (Å²) in [6.07, 6.45) is 4.90. The van der Waals surface area contributed by atoms with Gasteiger partial charge in [-0.25, -0.2) is 0 Å². The fraction of sp³-hybridized carbons (Fsp3) is 0.300. The molecular weight excluding hydrogens is 284 g/mol. The largest absolute Gasteiger partial charge is 0.398 e. The molecule has 23 heavy (non-hydrogen) atoms. The monoisotopic (exact) mass is 306 g/mol. The van der Waals surface area contributed by atoms with Gasteiger partial charge in [0.1, 0.15) is 0 Å². The van der Waals surface area contributed by atoms with Gasteiger partial charge in [-0.1, -0.05) is 30.3 Å². The molecule has 0 radical (unpaired) electrons. The van der Waals surface area contributed by atoms with Crippen molar-refractivity contribution in [1.29, 1.82) is 0 Å². The van der Waals surface area contributed by atoms with Crippen LogP contribution in [0.4, 0.5) is 5.69 Å². The number of benzene rings is 2. The Morgan fingerprint density at radius 2 is 1.87 bits per heavy atom. The Hall–Kier alpha value is -2.26. The lowest BCUT2D eigenvalue weighted by Crippen LogP contribution is -2.10. The molecule has 1 aliphatic carbocycles. The lowest BCUT2D eigenvalue weighted by molar-refractivity contribution is 0.135. The van der Waals surface area contributed by atoms with Crippen molar-refractivity contribution in [2.75, 3.05) is 5.73 Å². The van der Waals surface area contributed by atoms with Gasteiger partial charge in [0.25, 0.3) is 0 Å².